The van der Waals surface area contributed by atoms with E-state index in [0.29, 0.717) is 11.6 Å². The third-order valence-corrected chi connectivity index (χ3v) is 6.30. The van der Waals surface area contributed by atoms with E-state index in [4.69, 9.17) is 9.47 Å². The number of rotatable bonds is 7. The predicted molar refractivity (Wildman–Crippen MR) is 114 cm³/mol. The van der Waals surface area contributed by atoms with Crippen LogP contribution in [0.15, 0.2) is 33.7 Å². The van der Waals surface area contributed by atoms with Crippen LogP contribution in [0.1, 0.15) is 25.3 Å². The van der Waals surface area contributed by atoms with Crippen molar-refractivity contribution in [2.24, 2.45) is 10.9 Å². The van der Waals surface area contributed by atoms with Crippen LogP contribution in [0.25, 0.3) is 0 Å². The number of carbonyl (C=O) groups excluding carboxylic acids is 2. The molecule has 154 valence electrons. The number of fused-ring (bicyclic) bond motifs is 1. The molecule has 0 spiro atoms. The number of hydrogen-bond acceptors (Lipinski definition) is 6. The highest BCUT2D eigenvalue weighted by Gasteiger charge is 2.48. The predicted octanol–water partition coefficient (Wildman–Crippen LogP) is 3.32. The molecular formula is C21H26N3O4S+. The SMILES string of the molecule is CCCC1=C(SCc2cc(OC)cc(OC)c2)C2C(=O)N(C)C(=O)[N+](C)=C2N=C1. The van der Waals surface area contributed by atoms with E-state index in [1.54, 1.807) is 39.2 Å². The summed E-state index contributed by atoms with van der Waals surface area (Å²) in [4.78, 5) is 31.9. The Hall–Kier alpha value is -2.61. The van der Waals surface area contributed by atoms with Gasteiger partial charge in [0.25, 0.3) is 5.84 Å². The highest BCUT2D eigenvalue weighted by atomic mass is 32.2. The van der Waals surface area contributed by atoms with Crippen molar-refractivity contribution in [3.63, 3.8) is 0 Å². The second kappa shape index (κ2) is 8.82. The summed E-state index contributed by atoms with van der Waals surface area (Å²) < 4.78 is 12.2. The average Bonchev–Trinajstić information content (AvgIpc) is 2.74. The van der Waals surface area contributed by atoms with Crippen LogP contribution in [0.2, 0.25) is 0 Å². The molecule has 1 aromatic rings. The summed E-state index contributed by atoms with van der Waals surface area (Å²) in [5, 5.41) is 0. The number of methoxy groups -OCH3 is 2. The van der Waals surface area contributed by atoms with Gasteiger partial charge in [0, 0.05) is 16.7 Å². The van der Waals surface area contributed by atoms with E-state index in [2.05, 4.69) is 11.9 Å². The van der Waals surface area contributed by atoms with E-state index in [1.807, 2.05) is 18.2 Å². The van der Waals surface area contributed by atoms with Crippen molar-refractivity contribution < 1.29 is 23.6 Å². The van der Waals surface area contributed by atoms with Gasteiger partial charge in [-0.25, -0.2) is 4.79 Å². The van der Waals surface area contributed by atoms with E-state index in [9.17, 15) is 9.59 Å². The molecule has 0 fully saturated rings. The minimum Gasteiger partial charge on any atom is -0.497 e. The van der Waals surface area contributed by atoms with Gasteiger partial charge in [-0.2, -0.15) is 9.48 Å². The van der Waals surface area contributed by atoms with E-state index in [-0.39, 0.29) is 11.9 Å². The highest BCUT2D eigenvalue weighted by molar-refractivity contribution is 8.02. The number of imide groups is 1. The number of amidine groups is 1. The molecular weight excluding hydrogens is 390 g/mol. The lowest BCUT2D eigenvalue weighted by Crippen LogP contribution is -2.52. The first kappa shape index (κ1) is 21.1. The second-order valence-electron chi connectivity index (χ2n) is 6.94. The topological polar surface area (TPSA) is 71.2 Å². The first-order valence-electron chi connectivity index (χ1n) is 9.45. The van der Waals surface area contributed by atoms with Gasteiger partial charge in [0.1, 0.15) is 17.7 Å². The molecule has 7 nitrogen and oxygen atoms in total. The molecule has 8 heteroatoms. The van der Waals surface area contributed by atoms with Crippen molar-refractivity contribution in [2.45, 2.75) is 25.5 Å². The number of benzene rings is 1. The van der Waals surface area contributed by atoms with Crippen molar-refractivity contribution in [3.05, 3.63) is 34.2 Å². The Morgan fingerprint density at radius 1 is 1.17 bits per heavy atom. The molecule has 1 aromatic carbocycles. The molecule has 0 radical (unpaired) electrons. The fourth-order valence-corrected chi connectivity index (χ4v) is 4.64. The van der Waals surface area contributed by atoms with E-state index in [0.717, 1.165) is 40.4 Å². The smallest absolute Gasteiger partial charge is 0.445 e. The minimum absolute atomic E-state index is 0.237. The Balaban J connectivity index is 1.97. The summed E-state index contributed by atoms with van der Waals surface area (Å²) in [6.07, 6.45) is 3.57. The maximum Gasteiger partial charge on any atom is 0.445 e. The molecule has 0 aromatic heterocycles. The molecule has 0 bridgehead atoms. The first-order chi connectivity index (χ1) is 13.9. The molecule has 0 saturated heterocycles. The summed E-state index contributed by atoms with van der Waals surface area (Å²) in [7, 11) is 6.42. The molecule has 0 N–H and O–H groups in total. The lowest BCUT2D eigenvalue weighted by Gasteiger charge is -2.28. The molecule has 1 atom stereocenters. The van der Waals surface area contributed by atoms with Crippen molar-refractivity contribution in [1.29, 1.82) is 0 Å². The zero-order valence-corrected chi connectivity index (χ0v) is 18.2. The van der Waals surface area contributed by atoms with Crippen LogP contribution in [0.5, 0.6) is 11.5 Å². The third kappa shape index (κ3) is 4.07. The van der Waals surface area contributed by atoms with Gasteiger partial charge in [0.15, 0.2) is 5.92 Å². The second-order valence-corrected chi connectivity index (χ2v) is 7.95. The Morgan fingerprint density at radius 2 is 1.83 bits per heavy atom. The molecule has 0 saturated carbocycles. The van der Waals surface area contributed by atoms with Crippen LogP contribution in [0, 0.1) is 5.92 Å². The number of thioether (sulfide) groups is 1. The molecule has 2 heterocycles. The van der Waals surface area contributed by atoms with Crippen molar-refractivity contribution >= 4 is 35.8 Å². The van der Waals surface area contributed by atoms with Crippen LogP contribution < -0.4 is 9.47 Å². The zero-order valence-electron chi connectivity index (χ0n) is 17.4. The first-order valence-corrected chi connectivity index (χ1v) is 10.4. The van der Waals surface area contributed by atoms with Gasteiger partial charge in [-0.3, -0.25) is 4.79 Å². The summed E-state index contributed by atoms with van der Waals surface area (Å²) >= 11 is 1.60. The molecule has 2 aliphatic heterocycles. The van der Waals surface area contributed by atoms with Crippen molar-refractivity contribution in [2.75, 3.05) is 28.3 Å². The van der Waals surface area contributed by atoms with Gasteiger partial charge < -0.3 is 9.47 Å². The van der Waals surface area contributed by atoms with Crippen LogP contribution >= 0.6 is 11.8 Å². The maximum atomic E-state index is 13.0. The average molecular weight is 417 g/mol. The van der Waals surface area contributed by atoms with E-state index >= 15 is 0 Å². The number of nitrogens with zero attached hydrogens (tertiary/aromatic N) is 3. The van der Waals surface area contributed by atoms with E-state index in [1.165, 1.54) is 16.5 Å². The normalized spacial score (nSPS) is 19.1. The number of aliphatic imine (C=N–C) groups is 1. The third-order valence-electron chi connectivity index (χ3n) is 5.01. The number of amides is 3. The summed E-state index contributed by atoms with van der Waals surface area (Å²) in [5.74, 6) is 1.79. The molecule has 1 unspecified atom stereocenters. The number of urea groups is 1. The summed E-state index contributed by atoms with van der Waals surface area (Å²) in [6.45, 7) is 2.10. The van der Waals surface area contributed by atoms with Gasteiger partial charge in [-0.05, 0) is 29.7 Å². The molecule has 0 aliphatic carbocycles. The monoisotopic (exact) mass is 416 g/mol. The Morgan fingerprint density at radius 3 is 2.41 bits per heavy atom. The number of hydrogen-bond donors (Lipinski definition) is 0. The largest absolute Gasteiger partial charge is 0.497 e. The van der Waals surface area contributed by atoms with Gasteiger partial charge in [-0.15, -0.1) is 16.8 Å². The Kier molecular flexibility index (Phi) is 6.42. The number of dihydropyridines is 1. The standard InChI is InChI=1S/C21H26N3O4S/c1-6-7-14-11-22-19-17(20(25)24(3)21(26)23(19)2)18(14)29-12-13-8-15(27-4)10-16(9-13)28-5/h8-11,17H,6-7,12H2,1-5H3/q+1. The van der Waals surface area contributed by atoms with Crippen LogP contribution in [0.4, 0.5) is 4.79 Å². The van der Waals surface area contributed by atoms with Crippen LogP contribution in [-0.4, -0.2) is 61.8 Å². The van der Waals surface area contributed by atoms with Crippen LogP contribution in [0.3, 0.4) is 0 Å². The van der Waals surface area contributed by atoms with E-state index < -0.39 is 5.92 Å². The van der Waals surface area contributed by atoms with Gasteiger partial charge in [0.2, 0.25) is 0 Å². The van der Waals surface area contributed by atoms with Gasteiger partial charge >= 0.3 is 11.9 Å². The fraction of sp³-hybridized carbons (Fsp3) is 0.429. The van der Waals surface area contributed by atoms with Gasteiger partial charge in [0.05, 0.1) is 28.3 Å². The number of carbonyl (C=O) groups is 2. The van der Waals surface area contributed by atoms with Crippen LogP contribution in [-0.2, 0) is 10.5 Å². The lowest BCUT2D eigenvalue weighted by atomic mass is 9.96. The quantitative estimate of drug-likeness (QED) is 0.638. The molecule has 2 aliphatic rings. The lowest BCUT2D eigenvalue weighted by molar-refractivity contribution is -0.407. The maximum absolute atomic E-state index is 13.0. The Labute approximate surface area is 175 Å². The molecule has 3 rings (SSSR count). The molecule has 3 amide bonds. The van der Waals surface area contributed by atoms with Crippen molar-refractivity contribution in [3.8, 4) is 11.5 Å². The van der Waals surface area contributed by atoms with Crippen molar-refractivity contribution in [1.82, 2.24) is 4.90 Å². The highest BCUT2D eigenvalue weighted by Crippen LogP contribution is 2.38. The number of ether oxygens (including phenoxy) is 2. The summed E-state index contributed by atoms with van der Waals surface area (Å²) in [5.41, 5.74) is 2.07. The zero-order chi connectivity index (χ0) is 21.1. The minimum atomic E-state index is -0.549. The molecule has 29 heavy (non-hydrogen) atoms. The summed E-state index contributed by atoms with van der Waals surface area (Å²) in [6, 6.07) is 5.39. The fourth-order valence-electron chi connectivity index (χ4n) is 3.44. The number of allylic oxidation sites excluding steroid dienone is 1. The Bertz CT molecular complexity index is 914. The van der Waals surface area contributed by atoms with Gasteiger partial charge in [-0.1, -0.05) is 13.3 Å².